The number of rotatable bonds is 8. The molecule has 1 unspecified atom stereocenters. The molecule has 36 heavy (non-hydrogen) atoms. The summed E-state index contributed by atoms with van der Waals surface area (Å²) in [5.41, 5.74) is 8.02. The Balaban J connectivity index is 1.56. The van der Waals surface area contributed by atoms with Crippen molar-refractivity contribution < 1.29 is 18.7 Å². The predicted molar refractivity (Wildman–Crippen MR) is 133 cm³/mol. The standard InChI is InChI=1S/C26H19ClFN5O3/c27-20(13-29)25(34)33-18-7-4-8-19(12-18)36-26-23(24(30)31-15-32-26)17-9-10-22(21(28)11-17)35-14-16-5-2-1-3-6-16/h1-12,15,20H,14H2,(H,33,34)(H2,30,31,32). The number of nitrogens with zero attached hydrogens (tertiary/aromatic N) is 3. The van der Waals surface area contributed by atoms with Crippen molar-refractivity contribution in [1.82, 2.24) is 9.97 Å². The van der Waals surface area contributed by atoms with Gasteiger partial charge in [-0.15, -0.1) is 0 Å². The third-order valence-corrected chi connectivity index (χ3v) is 5.25. The van der Waals surface area contributed by atoms with Crippen molar-refractivity contribution in [2.75, 3.05) is 11.1 Å². The first-order chi connectivity index (χ1) is 17.4. The van der Waals surface area contributed by atoms with Gasteiger partial charge in [0.05, 0.1) is 11.6 Å². The van der Waals surface area contributed by atoms with Crippen LogP contribution in [0.3, 0.4) is 0 Å². The van der Waals surface area contributed by atoms with Gasteiger partial charge < -0.3 is 20.5 Å². The third kappa shape index (κ3) is 5.87. The van der Waals surface area contributed by atoms with Gasteiger partial charge in [-0.1, -0.05) is 54.1 Å². The monoisotopic (exact) mass is 503 g/mol. The molecule has 3 N–H and O–H groups in total. The molecule has 3 aromatic carbocycles. The summed E-state index contributed by atoms with van der Waals surface area (Å²) in [5, 5.41) is 9.97. The number of hydrogen-bond acceptors (Lipinski definition) is 7. The Morgan fingerprint density at radius 2 is 1.92 bits per heavy atom. The number of carbonyl (C=O) groups is 1. The number of anilines is 2. The summed E-state index contributed by atoms with van der Waals surface area (Å²) in [7, 11) is 0. The van der Waals surface area contributed by atoms with Crippen LogP contribution < -0.4 is 20.5 Å². The Morgan fingerprint density at radius 1 is 1.11 bits per heavy atom. The molecule has 0 bridgehead atoms. The van der Waals surface area contributed by atoms with E-state index in [-0.39, 0.29) is 29.6 Å². The molecule has 0 radical (unpaired) electrons. The molecule has 10 heteroatoms. The molecule has 0 aliphatic carbocycles. The average Bonchev–Trinajstić information content (AvgIpc) is 2.88. The molecule has 0 aliphatic heterocycles. The van der Waals surface area contributed by atoms with Gasteiger partial charge >= 0.3 is 0 Å². The van der Waals surface area contributed by atoms with E-state index >= 15 is 0 Å². The van der Waals surface area contributed by atoms with E-state index < -0.39 is 17.1 Å². The van der Waals surface area contributed by atoms with Crippen LogP contribution in [0.25, 0.3) is 11.1 Å². The molecule has 0 saturated heterocycles. The molecular formula is C26H19ClFN5O3. The summed E-state index contributed by atoms with van der Waals surface area (Å²) >= 11 is 5.64. The highest BCUT2D eigenvalue weighted by atomic mass is 35.5. The Kier molecular flexibility index (Phi) is 7.58. The molecule has 1 aromatic heterocycles. The first-order valence-corrected chi connectivity index (χ1v) is 11.1. The summed E-state index contributed by atoms with van der Waals surface area (Å²) in [6.45, 7) is 0.216. The minimum atomic E-state index is -1.34. The van der Waals surface area contributed by atoms with E-state index in [0.717, 1.165) is 5.56 Å². The smallest absolute Gasteiger partial charge is 0.256 e. The summed E-state index contributed by atoms with van der Waals surface area (Å²) in [6.07, 6.45) is 1.22. The first-order valence-electron chi connectivity index (χ1n) is 10.6. The number of alkyl halides is 1. The van der Waals surface area contributed by atoms with Crippen LogP contribution in [-0.4, -0.2) is 21.3 Å². The highest BCUT2D eigenvalue weighted by Crippen LogP contribution is 2.37. The zero-order valence-electron chi connectivity index (χ0n) is 18.7. The number of ether oxygens (including phenoxy) is 2. The molecule has 8 nitrogen and oxygen atoms in total. The highest BCUT2D eigenvalue weighted by molar-refractivity contribution is 6.34. The molecule has 4 aromatic rings. The summed E-state index contributed by atoms with van der Waals surface area (Å²) in [4.78, 5) is 20.0. The van der Waals surface area contributed by atoms with Gasteiger partial charge in [0.2, 0.25) is 5.88 Å². The molecule has 0 spiro atoms. The maximum Gasteiger partial charge on any atom is 0.256 e. The molecule has 4 rings (SSSR count). The van der Waals surface area contributed by atoms with E-state index in [2.05, 4.69) is 15.3 Å². The number of nitrogen functional groups attached to an aromatic ring is 1. The second-order valence-electron chi connectivity index (χ2n) is 7.47. The second kappa shape index (κ2) is 11.2. The van der Waals surface area contributed by atoms with E-state index in [0.29, 0.717) is 17.0 Å². The number of hydrogen-bond donors (Lipinski definition) is 2. The van der Waals surface area contributed by atoms with Crippen LogP contribution in [0.4, 0.5) is 15.9 Å². The summed E-state index contributed by atoms with van der Waals surface area (Å²) in [5.74, 6) is -0.711. The van der Waals surface area contributed by atoms with Gasteiger partial charge in [0.25, 0.3) is 5.91 Å². The lowest BCUT2D eigenvalue weighted by Gasteiger charge is -2.14. The maximum absolute atomic E-state index is 14.9. The fraction of sp³-hybridized carbons (Fsp3) is 0.0769. The molecule has 1 amide bonds. The number of halogens is 2. The normalized spacial score (nSPS) is 11.2. The second-order valence-corrected chi connectivity index (χ2v) is 7.91. The lowest BCUT2D eigenvalue weighted by Crippen LogP contribution is -2.21. The van der Waals surface area contributed by atoms with Crippen molar-refractivity contribution in [2.45, 2.75) is 12.0 Å². The summed E-state index contributed by atoms with van der Waals surface area (Å²) in [6, 6.07) is 21.8. The lowest BCUT2D eigenvalue weighted by molar-refractivity contribution is -0.115. The highest BCUT2D eigenvalue weighted by Gasteiger charge is 2.18. The van der Waals surface area contributed by atoms with Gasteiger partial charge in [-0.2, -0.15) is 5.26 Å². The Hall–Kier alpha value is -4.68. The van der Waals surface area contributed by atoms with Gasteiger partial charge in [-0.25, -0.2) is 14.4 Å². The van der Waals surface area contributed by atoms with Crippen LogP contribution in [0, 0.1) is 17.1 Å². The van der Waals surface area contributed by atoms with Crippen LogP contribution in [0.2, 0.25) is 0 Å². The first kappa shape index (κ1) is 24.4. The van der Waals surface area contributed by atoms with Gasteiger partial charge in [0, 0.05) is 11.8 Å². The molecule has 1 heterocycles. The van der Waals surface area contributed by atoms with Crippen LogP contribution in [0.1, 0.15) is 5.56 Å². The largest absolute Gasteiger partial charge is 0.486 e. The Labute approximate surface area is 211 Å². The lowest BCUT2D eigenvalue weighted by atomic mass is 10.1. The van der Waals surface area contributed by atoms with E-state index in [1.807, 2.05) is 30.3 Å². The minimum Gasteiger partial charge on any atom is -0.486 e. The van der Waals surface area contributed by atoms with Crippen LogP contribution in [0.15, 0.2) is 79.1 Å². The zero-order chi connectivity index (χ0) is 25.5. The minimum absolute atomic E-state index is 0.0792. The van der Waals surface area contributed by atoms with Crippen molar-refractivity contribution in [3.8, 4) is 34.6 Å². The van der Waals surface area contributed by atoms with Gasteiger partial charge in [-0.3, -0.25) is 4.79 Å². The molecule has 0 saturated carbocycles. The van der Waals surface area contributed by atoms with E-state index in [4.69, 9.17) is 32.1 Å². The van der Waals surface area contributed by atoms with Crippen molar-refractivity contribution in [2.24, 2.45) is 0 Å². The van der Waals surface area contributed by atoms with Crippen LogP contribution >= 0.6 is 11.6 Å². The van der Waals surface area contributed by atoms with Gasteiger partial charge in [0.15, 0.2) is 16.9 Å². The van der Waals surface area contributed by atoms with Gasteiger partial charge in [0.1, 0.15) is 24.5 Å². The van der Waals surface area contributed by atoms with E-state index in [1.54, 1.807) is 30.3 Å². The predicted octanol–water partition coefficient (Wildman–Crippen LogP) is 5.31. The molecule has 1 atom stereocenters. The van der Waals surface area contributed by atoms with Crippen LogP contribution in [0.5, 0.6) is 17.4 Å². The SMILES string of the molecule is N#CC(Cl)C(=O)Nc1cccc(Oc2ncnc(N)c2-c2ccc(OCc3ccccc3)c(F)c2)c1. The topological polar surface area (TPSA) is 123 Å². The zero-order valence-corrected chi connectivity index (χ0v) is 19.4. The number of amides is 1. The van der Waals surface area contributed by atoms with Crippen molar-refractivity contribution in [3.63, 3.8) is 0 Å². The molecule has 180 valence electrons. The number of nitrogens with two attached hydrogens (primary N) is 1. The number of nitriles is 1. The molecular weight excluding hydrogens is 485 g/mol. The fourth-order valence-corrected chi connectivity index (χ4v) is 3.31. The number of benzene rings is 3. The van der Waals surface area contributed by atoms with Crippen molar-refractivity contribution in [1.29, 1.82) is 5.26 Å². The number of aromatic nitrogens is 2. The maximum atomic E-state index is 14.9. The third-order valence-electron chi connectivity index (χ3n) is 4.96. The van der Waals surface area contributed by atoms with E-state index in [9.17, 15) is 9.18 Å². The molecule has 0 fully saturated rings. The fourth-order valence-electron chi connectivity index (χ4n) is 3.25. The quantitative estimate of drug-likeness (QED) is 0.312. The average molecular weight is 504 g/mol. The van der Waals surface area contributed by atoms with E-state index in [1.165, 1.54) is 24.5 Å². The Bertz CT molecular complexity index is 1430. The number of nitrogens with one attached hydrogen (secondary N) is 1. The summed E-state index contributed by atoms with van der Waals surface area (Å²) < 4.78 is 26.4. The van der Waals surface area contributed by atoms with Crippen molar-refractivity contribution in [3.05, 3.63) is 90.5 Å². The Morgan fingerprint density at radius 3 is 2.67 bits per heavy atom. The number of carbonyl (C=O) groups excluding carboxylic acids is 1. The van der Waals surface area contributed by atoms with Gasteiger partial charge in [-0.05, 0) is 35.4 Å². The van der Waals surface area contributed by atoms with Crippen LogP contribution in [-0.2, 0) is 11.4 Å². The van der Waals surface area contributed by atoms with Crippen molar-refractivity contribution >= 4 is 29.0 Å². The molecule has 0 aliphatic rings.